The maximum absolute atomic E-state index is 10.3. The Morgan fingerprint density at radius 1 is 0.789 bits per heavy atom. The summed E-state index contributed by atoms with van der Waals surface area (Å²) in [5, 5.41) is 8.50. The van der Waals surface area contributed by atoms with E-state index >= 15 is 0 Å². The highest BCUT2D eigenvalue weighted by molar-refractivity contribution is 7.73. The van der Waals surface area contributed by atoms with Crippen molar-refractivity contribution in [3.8, 4) is 0 Å². The topological polar surface area (TPSA) is 37.3 Å². The molecule has 0 rings (SSSR count). The Balaban J connectivity index is 0. The molecule has 19 heavy (non-hydrogen) atoms. The highest BCUT2D eigenvalue weighted by Gasteiger charge is 2.15. The molecule has 0 saturated carbocycles. The lowest BCUT2D eigenvalue weighted by molar-refractivity contribution is -0.137. The van der Waals surface area contributed by atoms with E-state index < -0.39 is 13.2 Å². The second kappa shape index (κ2) is 13.4. The van der Waals surface area contributed by atoms with Crippen LogP contribution in [0.15, 0.2) is 0 Å². The van der Waals surface area contributed by atoms with Crippen LogP contribution in [0.1, 0.15) is 64.2 Å². The van der Waals surface area contributed by atoms with Crippen LogP contribution in [0.25, 0.3) is 0 Å². The fraction of sp³-hybridized carbons (Fsp3) is 0.933. The van der Waals surface area contributed by atoms with Gasteiger partial charge in [0.25, 0.3) is 0 Å². The van der Waals surface area contributed by atoms with E-state index in [0.29, 0.717) is 6.42 Å². The van der Waals surface area contributed by atoms with Crippen LogP contribution in [0.5, 0.6) is 0 Å². The molecule has 0 saturated heterocycles. The molecule has 0 aliphatic rings. The van der Waals surface area contributed by atoms with Gasteiger partial charge in [-0.15, -0.1) is 0 Å². The zero-order valence-electron chi connectivity index (χ0n) is 13.0. The quantitative estimate of drug-likeness (QED) is 0.429. The Hall–Kier alpha value is 0.380. The van der Waals surface area contributed by atoms with Crippen molar-refractivity contribution in [2.24, 2.45) is 0 Å². The largest absolute Gasteiger partial charge is 1.00 e. The number of unbranched alkanes of at least 4 members (excludes halogenated alkanes) is 8. The van der Waals surface area contributed by atoms with Crippen LogP contribution in [0.4, 0.5) is 0 Å². The van der Waals surface area contributed by atoms with Gasteiger partial charge in [-0.05, 0) is 19.3 Å². The average Bonchev–Trinajstić information content (AvgIpc) is 2.24. The van der Waals surface area contributed by atoms with Gasteiger partial charge in [0, 0.05) is 33.7 Å². The number of carboxylic acids is 1. The molecule has 0 aromatic heterocycles. The van der Waals surface area contributed by atoms with Gasteiger partial charge in [-0.2, -0.15) is 0 Å². The summed E-state index contributed by atoms with van der Waals surface area (Å²) in [7, 11) is -0.546. The number of rotatable bonds is 12. The predicted molar refractivity (Wildman–Crippen MR) is 83.4 cm³/mol. The van der Waals surface area contributed by atoms with Crippen LogP contribution in [0.2, 0.25) is 0 Å². The third-order valence-electron chi connectivity index (χ3n) is 3.22. The first-order valence-corrected chi connectivity index (χ1v) is 10.8. The average molecular weight is 355 g/mol. The summed E-state index contributed by atoms with van der Waals surface area (Å²) in [5.74, 6) is -0.656. The molecule has 2 nitrogen and oxygen atoms in total. The Bertz CT molecular complexity index is 215. The number of carbonyl (C=O) groups is 1. The Labute approximate surface area is 130 Å². The summed E-state index contributed by atoms with van der Waals surface area (Å²) in [6.07, 6.45) is 13.1. The lowest BCUT2D eigenvalue weighted by atomic mass is 10.1. The molecular formula is C15H32BrO2P. The summed E-state index contributed by atoms with van der Waals surface area (Å²) in [6, 6.07) is 0. The molecule has 0 unspecified atom stereocenters. The fourth-order valence-electron chi connectivity index (χ4n) is 2.10. The van der Waals surface area contributed by atoms with Crippen molar-refractivity contribution in [1.29, 1.82) is 0 Å². The van der Waals surface area contributed by atoms with Crippen LogP contribution < -0.4 is 17.0 Å². The molecule has 0 atom stereocenters. The zero-order valence-corrected chi connectivity index (χ0v) is 15.4. The standard InChI is InChI=1S/C15H31O2P.BrH/c1-18(2,3)14-12-10-8-6-4-5-7-9-11-13-15(16)17;/h4-14H2,1-3H3;1H. The predicted octanol–water partition coefficient (Wildman–Crippen LogP) is 1.88. The first kappa shape index (κ1) is 21.7. The van der Waals surface area contributed by atoms with Crippen molar-refractivity contribution in [3.63, 3.8) is 0 Å². The minimum absolute atomic E-state index is 0. The maximum atomic E-state index is 10.3. The number of aliphatic carboxylic acids is 1. The summed E-state index contributed by atoms with van der Waals surface area (Å²) in [6.45, 7) is 7.26. The molecule has 116 valence electrons. The molecule has 0 fully saturated rings. The van der Waals surface area contributed by atoms with Gasteiger partial charge < -0.3 is 22.1 Å². The minimum atomic E-state index is -0.656. The van der Waals surface area contributed by atoms with Gasteiger partial charge in [0.05, 0.1) is 6.16 Å². The lowest BCUT2D eigenvalue weighted by Crippen LogP contribution is -3.00. The van der Waals surface area contributed by atoms with Crippen molar-refractivity contribution >= 4 is 13.2 Å². The van der Waals surface area contributed by atoms with Crippen molar-refractivity contribution in [3.05, 3.63) is 0 Å². The van der Waals surface area contributed by atoms with E-state index in [1.54, 1.807) is 0 Å². The molecule has 1 N–H and O–H groups in total. The summed E-state index contributed by atoms with van der Waals surface area (Å²) < 4.78 is 0. The van der Waals surface area contributed by atoms with Crippen molar-refractivity contribution < 1.29 is 26.9 Å². The number of hydrogen-bond acceptors (Lipinski definition) is 1. The minimum Gasteiger partial charge on any atom is -1.00 e. The van der Waals surface area contributed by atoms with Gasteiger partial charge in [-0.25, -0.2) is 0 Å². The SMILES string of the molecule is C[P+](C)(C)CCCCCCCCCCCC(=O)O.[Br-]. The summed E-state index contributed by atoms with van der Waals surface area (Å²) in [4.78, 5) is 10.3. The van der Waals surface area contributed by atoms with E-state index in [9.17, 15) is 4.79 Å². The molecule has 0 aliphatic heterocycles. The van der Waals surface area contributed by atoms with Gasteiger partial charge >= 0.3 is 5.97 Å². The van der Waals surface area contributed by atoms with E-state index in [1.807, 2.05) is 0 Å². The van der Waals surface area contributed by atoms with E-state index in [-0.39, 0.29) is 17.0 Å². The molecule has 0 heterocycles. The molecule has 0 aliphatic carbocycles. The van der Waals surface area contributed by atoms with Crippen LogP contribution in [-0.4, -0.2) is 37.2 Å². The maximum Gasteiger partial charge on any atom is 0.303 e. The molecule has 0 radical (unpaired) electrons. The summed E-state index contributed by atoms with van der Waals surface area (Å²) >= 11 is 0. The van der Waals surface area contributed by atoms with E-state index in [0.717, 1.165) is 12.8 Å². The molecule has 0 aromatic rings. The third kappa shape index (κ3) is 20.8. The second-order valence-corrected chi connectivity index (χ2v) is 11.4. The van der Waals surface area contributed by atoms with Gasteiger partial charge in [-0.1, -0.05) is 38.5 Å². The van der Waals surface area contributed by atoms with E-state index in [2.05, 4.69) is 20.0 Å². The second-order valence-electron chi connectivity index (χ2n) is 6.34. The number of carboxylic acid groups (broad SMARTS) is 1. The highest BCUT2D eigenvalue weighted by atomic mass is 79.9. The van der Waals surface area contributed by atoms with Crippen LogP contribution in [-0.2, 0) is 4.79 Å². The Morgan fingerprint density at radius 2 is 1.16 bits per heavy atom. The van der Waals surface area contributed by atoms with Gasteiger partial charge in [0.15, 0.2) is 0 Å². The monoisotopic (exact) mass is 354 g/mol. The zero-order chi connectivity index (χ0) is 13.9. The molecule has 4 heteroatoms. The van der Waals surface area contributed by atoms with Crippen LogP contribution in [0, 0.1) is 0 Å². The van der Waals surface area contributed by atoms with Gasteiger partial charge in [0.2, 0.25) is 0 Å². The van der Waals surface area contributed by atoms with Crippen molar-refractivity contribution in [1.82, 2.24) is 0 Å². The van der Waals surface area contributed by atoms with E-state index in [1.165, 1.54) is 51.1 Å². The Kier molecular flexibility index (Phi) is 15.2. The molecule has 0 aromatic carbocycles. The molecular weight excluding hydrogens is 323 g/mol. The first-order valence-electron chi connectivity index (χ1n) is 7.44. The lowest BCUT2D eigenvalue weighted by Gasteiger charge is -2.10. The van der Waals surface area contributed by atoms with Gasteiger partial charge in [0.1, 0.15) is 0 Å². The number of hydrogen-bond donors (Lipinski definition) is 1. The van der Waals surface area contributed by atoms with Crippen molar-refractivity contribution in [2.75, 3.05) is 26.2 Å². The number of halogens is 1. The van der Waals surface area contributed by atoms with E-state index in [4.69, 9.17) is 5.11 Å². The first-order chi connectivity index (χ1) is 8.42. The molecule has 0 bridgehead atoms. The Morgan fingerprint density at radius 3 is 1.53 bits per heavy atom. The normalized spacial score (nSPS) is 11.1. The third-order valence-corrected chi connectivity index (χ3v) is 4.88. The molecule has 0 amide bonds. The highest BCUT2D eigenvalue weighted by Crippen LogP contribution is 2.47. The van der Waals surface area contributed by atoms with Crippen LogP contribution in [0.3, 0.4) is 0 Å². The smallest absolute Gasteiger partial charge is 0.303 e. The summed E-state index contributed by atoms with van der Waals surface area (Å²) in [5.41, 5.74) is 0. The van der Waals surface area contributed by atoms with Crippen molar-refractivity contribution in [2.45, 2.75) is 64.2 Å². The van der Waals surface area contributed by atoms with Crippen LogP contribution >= 0.6 is 7.26 Å². The van der Waals surface area contributed by atoms with Gasteiger partial charge in [-0.3, -0.25) is 4.79 Å². The molecule has 0 spiro atoms. The fourth-order valence-corrected chi connectivity index (χ4v) is 3.27.